The lowest BCUT2D eigenvalue weighted by Crippen LogP contribution is -2.56. The minimum atomic E-state index is -0.891. The number of rotatable bonds is 2. The zero-order valence-corrected chi connectivity index (χ0v) is 14.9. The zero-order chi connectivity index (χ0) is 17.4. The van der Waals surface area contributed by atoms with Crippen molar-refractivity contribution in [2.75, 3.05) is 0 Å². The molecule has 1 saturated heterocycles. The molecule has 1 heterocycles. The third-order valence-electron chi connectivity index (χ3n) is 3.99. The number of nitrogens with one attached hydrogen (secondary N) is 1. The molecule has 2 aliphatic rings. The van der Waals surface area contributed by atoms with Crippen LogP contribution in [0.1, 0.15) is 54.4 Å². The Morgan fingerprint density at radius 2 is 1.83 bits per heavy atom. The van der Waals surface area contributed by atoms with Gasteiger partial charge in [0.1, 0.15) is 17.4 Å². The quantitative estimate of drug-likeness (QED) is 0.793. The second kappa shape index (κ2) is 6.15. The van der Waals surface area contributed by atoms with Crippen molar-refractivity contribution in [2.24, 2.45) is 0 Å². The Labute approximate surface area is 138 Å². The van der Waals surface area contributed by atoms with E-state index in [1.165, 1.54) is 4.90 Å². The highest BCUT2D eigenvalue weighted by Gasteiger charge is 2.52. The molecule has 0 saturated carbocycles. The lowest BCUT2D eigenvalue weighted by Gasteiger charge is -2.34. The summed E-state index contributed by atoms with van der Waals surface area (Å²) in [7, 11) is 0. The monoisotopic (exact) mass is 324 g/mol. The molecular weight excluding hydrogens is 296 g/mol. The van der Waals surface area contributed by atoms with E-state index in [2.05, 4.69) is 17.5 Å². The van der Waals surface area contributed by atoms with Gasteiger partial charge in [-0.1, -0.05) is 12.2 Å². The summed E-state index contributed by atoms with van der Waals surface area (Å²) in [6, 6.07) is -0.598. The minimum absolute atomic E-state index is 0.0962. The van der Waals surface area contributed by atoms with Crippen molar-refractivity contribution in [3.63, 3.8) is 0 Å². The van der Waals surface area contributed by atoms with Gasteiger partial charge in [-0.05, 0) is 54.4 Å². The molecule has 1 N–H and O–H groups in total. The maximum absolute atomic E-state index is 12.7. The van der Waals surface area contributed by atoms with Gasteiger partial charge < -0.3 is 14.8 Å². The number of nitrogens with zero attached hydrogens (tertiary/aromatic N) is 1. The molecule has 2 atom stereocenters. The molecule has 1 aliphatic heterocycles. The van der Waals surface area contributed by atoms with E-state index >= 15 is 0 Å². The second-order valence-corrected chi connectivity index (χ2v) is 7.71. The van der Waals surface area contributed by atoms with Crippen LogP contribution in [0.15, 0.2) is 12.2 Å². The predicted molar refractivity (Wildman–Crippen MR) is 86.8 cm³/mol. The van der Waals surface area contributed by atoms with E-state index in [-0.39, 0.29) is 11.9 Å². The number of ether oxygens (including phenoxy) is 2. The van der Waals surface area contributed by atoms with E-state index in [9.17, 15) is 9.59 Å². The first-order chi connectivity index (χ1) is 10.5. The molecule has 1 fully saturated rings. The number of hydrogen-bond donors (Lipinski definition) is 1. The molecule has 0 unspecified atom stereocenters. The van der Waals surface area contributed by atoms with Gasteiger partial charge in [0.05, 0.1) is 6.10 Å². The fraction of sp³-hybridized carbons (Fsp3) is 0.765. The number of carbonyl (C=O) groups excluding carboxylic acids is 2. The Morgan fingerprint density at radius 1 is 1.26 bits per heavy atom. The van der Waals surface area contributed by atoms with Crippen LogP contribution in [0.2, 0.25) is 0 Å². The van der Waals surface area contributed by atoms with E-state index in [0.717, 1.165) is 12.8 Å². The summed E-state index contributed by atoms with van der Waals surface area (Å²) in [5, 5.41) is 3.01. The number of hydrogen-bond acceptors (Lipinski definition) is 4. The summed E-state index contributed by atoms with van der Waals surface area (Å²) in [6.45, 7) is 10.8. The van der Waals surface area contributed by atoms with Gasteiger partial charge in [0, 0.05) is 6.04 Å². The van der Waals surface area contributed by atoms with E-state index in [0.29, 0.717) is 0 Å². The summed E-state index contributed by atoms with van der Waals surface area (Å²) in [6.07, 6.45) is 4.82. The highest BCUT2D eigenvalue weighted by Crippen LogP contribution is 2.34. The Hall–Kier alpha value is -1.56. The molecule has 0 aromatic carbocycles. The van der Waals surface area contributed by atoms with Crippen molar-refractivity contribution in [1.82, 2.24) is 10.2 Å². The van der Waals surface area contributed by atoms with Crippen LogP contribution in [-0.2, 0) is 14.3 Å². The van der Waals surface area contributed by atoms with Crippen molar-refractivity contribution in [3.05, 3.63) is 12.2 Å². The maximum Gasteiger partial charge on any atom is 0.413 e. The van der Waals surface area contributed by atoms with Crippen LogP contribution in [0.4, 0.5) is 4.79 Å². The molecule has 130 valence electrons. The molecule has 2 amide bonds. The lowest BCUT2D eigenvalue weighted by molar-refractivity contribution is -0.127. The van der Waals surface area contributed by atoms with Crippen molar-refractivity contribution in [3.8, 4) is 0 Å². The Morgan fingerprint density at radius 3 is 2.35 bits per heavy atom. The van der Waals surface area contributed by atoms with Gasteiger partial charge in [0.15, 0.2) is 0 Å². The largest absolute Gasteiger partial charge is 0.444 e. The average molecular weight is 324 g/mol. The summed E-state index contributed by atoms with van der Waals surface area (Å²) in [4.78, 5) is 26.7. The second-order valence-electron chi connectivity index (χ2n) is 7.71. The third-order valence-corrected chi connectivity index (χ3v) is 3.99. The standard InChI is InChI=1S/C17H28N2O4/c1-11-13(14(20)18-12-9-7-8-10-12)19(17(5,6)22-11)15(21)23-16(2,3)4/h7-8,11-13H,9-10H2,1-6H3,(H,18,20)/t11-,13+/m1/s1. The molecule has 6 heteroatoms. The highest BCUT2D eigenvalue weighted by molar-refractivity contribution is 5.87. The molecule has 0 aromatic heterocycles. The van der Waals surface area contributed by atoms with Gasteiger partial charge >= 0.3 is 6.09 Å². The molecule has 6 nitrogen and oxygen atoms in total. The normalized spacial score (nSPS) is 27.3. The Kier molecular flexibility index (Phi) is 4.76. The van der Waals surface area contributed by atoms with Crippen LogP contribution in [0, 0.1) is 0 Å². The summed E-state index contributed by atoms with van der Waals surface area (Å²) < 4.78 is 11.3. The van der Waals surface area contributed by atoms with E-state index in [4.69, 9.17) is 9.47 Å². The van der Waals surface area contributed by atoms with Gasteiger partial charge in [0.25, 0.3) is 0 Å². The van der Waals surface area contributed by atoms with Gasteiger partial charge in [-0.15, -0.1) is 0 Å². The lowest BCUT2D eigenvalue weighted by atomic mass is 10.1. The predicted octanol–water partition coefficient (Wildman–Crippen LogP) is 2.58. The highest BCUT2D eigenvalue weighted by atomic mass is 16.6. The van der Waals surface area contributed by atoms with E-state index in [1.807, 2.05) is 6.92 Å². The number of carbonyl (C=O) groups is 2. The molecule has 1 aliphatic carbocycles. The van der Waals surface area contributed by atoms with Crippen LogP contribution >= 0.6 is 0 Å². The smallest absolute Gasteiger partial charge is 0.413 e. The van der Waals surface area contributed by atoms with E-state index in [1.54, 1.807) is 34.6 Å². The van der Waals surface area contributed by atoms with Crippen LogP contribution in [-0.4, -0.2) is 46.4 Å². The van der Waals surface area contributed by atoms with Crippen LogP contribution in [0.3, 0.4) is 0 Å². The van der Waals surface area contributed by atoms with Crippen molar-refractivity contribution < 1.29 is 19.1 Å². The number of amides is 2. The van der Waals surface area contributed by atoms with Gasteiger partial charge in [-0.25, -0.2) is 4.79 Å². The molecule has 0 bridgehead atoms. The van der Waals surface area contributed by atoms with Gasteiger partial charge in [0.2, 0.25) is 5.91 Å². The zero-order valence-electron chi connectivity index (χ0n) is 14.9. The first kappa shape index (κ1) is 17.8. The fourth-order valence-corrected chi connectivity index (χ4v) is 3.12. The molecular formula is C17H28N2O4. The summed E-state index contributed by atoms with van der Waals surface area (Å²) >= 11 is 0. The fourth-order valence-electron chi connectivity index (χ4n) is 3.12. The molecule has 0 radical (unpaired) electrons. The Balaban J connectivity index is 2.16. The molecule has 0 spiro atoms. The molecule has 0 aromatic rings. The van der Waals surface area contributed by atoms with Crippen molar-refractivity contribution in [1.29, 1.82) is 0 Å². The van der Waals surface area contributed by atoms with E-state index < -0.39 is 29.6 Å². The van der Waals surface area contributed by atoms with Crippen LogP contribution < -0.4 is 5.32 Å². The van der Waals surface area contributed by atoms with Crippen molar-refractivity contribution >= 4 is 12.0 Å². The summed E-state index contributed by atoms with van der Waals surface area (Å²) in [5.41, 5.74) is -1.52. The van der Waals surface area contributed by atoms with Crippen LogP contribution in [0.5, 0.6) is 0 Å². The molecule has 23 heavy (non-hydrogen) atoms. The average Bonchev–Trinajstić information content (AvgIpc) is 2.91. The first-order valence-electron chi connectivity index (χ1n) is 8.17. The topological polar surface area (TPSA) is 67.9 Å². The summed E-state index contributed by atoms with van der Waals surface area (Å²) in [5.74, 6) is -0.192. The van der Waals surface area contributed by atoms with Gasteiger partial charge in [-0.3, -0.25) is 9.69 Å². The van der Waals surface area contributed by atoms with Gasteiger partial charge in [-0.2, -0.15) is 0 Å². The maximum atomic E-state index is 12.7. The SMILES string of the molecule is C[C@H]1OC(C)(C)N(C(=O)OC(C)(C)C)[C@@H]1C(=O)NC1CC=CC1. The Bertz CT molecular complexity index is 499. The molecule has 2 rings (SSSR count). The van der Waals surface area contributed by atoms with Crippen molar-refractivity contribution in [2.45, 2.75) is 83.9 Å². The minimum Gasteiger partial charge on any atom is -0.444 e. The first-order valence-corrected chi connectivity index (χ1v) is 8.17. The third kappa shape index (κ3) is 4.05. The van der Waals surface area contributed by atoms with Crippen LogP contribution in [0.25, 0.3) is 0 Å².